The first-order chi connectivity index (χ1) is 10.5. The molecule has 2 aromatic rings. The highest BCUT2D eigenvalue weighted by Gasteiger charge is 2.17. The van der Waals surface area contributed by atoms with Crippen LogP contribution in [0.1, 0.15) is 35.0 Å². The van der Waals surface area contributed by atoms with Crippen molar-refractivity contribution in [3.05, 3.63) is 53.3 Å². The molecule has 2 rings (SSSR count). The molecule has 0 radical (unpaired) electrons. The van der Waals surface area contributed by atoms with Crippen molar-refractivity contribution >= 4 is 11.9 Å². The summed E-state index contributed by atoms with van der Waals surface area (Å²) in [4.78, 5) is 22.8. The number of hydrogen-bond acceptors (Lipinski definition) is 3. The molecule has 1 aromatic heterocycles. The molecule has 1 heterocycles. The molecule has 1 unspecified atom stereocenters. The van der Waals surface area contributed by atoms with Gasteiger partial charge in [-0.2, -0.15) is 5.10 Å². The van der Waals surface area contributed by atoms with Crippen molar-refractivity contribution in [2.24, 2.45) is 0 Å². The van der Waals surface area contributed by atoms with Gasteiger partial charge in [-0.3, -0.25) is 14.3 Å². The SMILES string of the molecule is Cc1c(C(=O)NC(C)CC(=O)O)cnn1Cc1ccccc1. The Balaban J connectivity index is 2.07. The van der Waals surface area contributed by atoms with Crippen molar-refractivity contribution in [2.45, 2.75) is 32.9 Å². The third-order valence-electron chi connectivity index (χ3n) is 3.38. The van der Waals surface area contributed by atoms with Gasteiger partial charge in [0, 0.05) is 11.7 Å². The second-order valence-electron chi connectivity index (χ2n) is 5.26. The van der Waals surface area contributed by atoms with Crippen LogP contribution in [0.4, 0.5) is 0 Å². The highest BCUT2D eigenvalue weighted by atomic mass is 16.4. The van der Waals surface area contributed by atoms with Crippen molar-refractivity contribution in [1.82, 2.24) is 15.1 Å². The van der Waals surface area contributed by atoms with Gasteiger partial charge in [-0.15, -0.1) is 0 Å². The predicted molar refractivity (Wildman–Crippen MR) is 81.7 cm³/mol. The van der Waals surface area contributed by atoms with Gasteiger partial charge >= 0.3 is 5.97 Å². The van der Waals surface area contributed by atoms with E-state index in [1.165, 1.54) is 6.20 Å². The Morgan fingerprint density at radius 3 is 2.64 bits per heavy atom. The number of aromatic nitrogens is 2. The van der Waals surface area contributed by atoms with Gasteiger partial charge in [0.15, 0.2) is 0 Å². The number of hydrogen-bond donors (Lipinski definition) is 2. The number of carbonyl (C=O) groups excluding carboxylic acids is 1. The Hall–Kier alpha value is -2.63. The van der Waals surface area contributed by atoms with Crippen LogP contribution in [0.5, 0.6) is 0 Å². The highest BCUT2D eigenvalue weighted by Crippen LogP contribution is 2.10. The summed E-state index contributed by atoms with van der Waals surface area (Å²) in [5, 5.41) is 15.6. The number of amides is 1. The average molecular weight is 301 g/mol. The van der Waals surface area contributed by atoms with Crippen LogP contribution in [0, 0.1) is 6.92 Å². The first-order valence-corrected chi connectivity index (χ1v) is 7.06. The largest absolute Gasteiger partial charge is 0.481 e. The minimum Gasteiger partial charge on any atom is -0.481 e. The zero-order valence-electron chi connectivity index (χ0n) is 12.6. The molecule has 116 valence electrons. The number of nitrogens with one attached hydrogen (secondary N) is 1. The van der Waals surface area contributed by atoms with E-state index in [0.29, 0.717) is 12.1 Å². The molecule has 1 aromatic carbocycles. The monoisotopic (exact) mass is 301 g/mol. The van der Waals surface area contributed by atoms with Gasteiger partial charge in [0.1, 0.15) is 0 Å². The number of nitrogens with zero attached hydrogens (tertiary/aromatic N) is 2. The van der Waals surface area contributed by atoms with E-state index in [4.69, 9.17) is 5.11 Å². The van der Waals surface area contributed by atoms with Crippen LogP contribution in [-0.2, 0) is 11.3 Å². The summed E-state index contributed by atoms with van der Waals surface area (Å²) in [5.74, 6) is -1.24. The van der Waals surface area contributed by atoms with Crippen molar-refractivity contribution in [3.63, 3.8) is 0 Å². The zero-order chi connectivity index (χ0) is 16.1. The van der Waals surface area contributed by atoms with E-state index in [-0.39, 0.29) is 12.3 Å². The molecule has 6 heteroatoms. The molecule has 0 fully saturated rings. The van der Waals surface area contributed by atoms with Crippen molar-refractivity contribution < 1.29 is 14.7 Å². The summed E-state index contributed by atoms with van der Waals surface area (Å²) in [6, 6.07) is 9.42. The molecule has 0 spiro atoms. The number of carboxylic acids is 1. The van der Waals surface area contributed by atoms with Crippen molar-refractivity contribution in [2.75, 3.05) is 0 Å². The summed E-state index contributed by atoms with van der Waals surface area (Å²) >= 11 is 0. The molecular formula is C16H19N3O3. The van der Waals surface area contributed by atoms with Crippen LogP contribution >= 0.6 is 0 Å². The summed E-state index contributed by atoms with van der Waals surface area (Å²) in [6.07, 6.45) is 1.41. The molecule has 0 aliphatic carbocycles. The maximum absolute atomic E-state index is 12.2. The number of aliphatic carboxylic acids is 1. The lowest BCUT2D eigenvalue weighted by Crippen LogP contribution is -2.34. The Morgan fingerprint density at radius 2 is 2.00 bits per heavy atom. The fourth-order valence-electron chi connectivity index (χ4n) is 2.20. The summed E-state index contributed by atoms with van der Waals surface area (Å²) in [7, 11) is 0. The van der Waals surface area contributed by atoms with E-state index < -0.39 is 12.0 Å². The molecule has 6 nitrogen and oxygen atoms in total. The normalized spacial score (nSPS) is 11.9. The van der Waals surface area contributed by atoms with Gasteiger partial charge in [0.25, 0.3) is 5.91 Å². The minimum absolute atomic E-state index is 0.108. The fraction of sp³-hybridized carbons (Fsp3) is 0.312. The highest BCUT2D eigenvalue weighted by molar-refractivity contribution is 5.95. The molecule has 2 N–H and O–H groups in total. The van der Waals surface area contributed by atoms with Crippen molar-refractivity contribution in [1.29, 1.82) is 0 Å². The minimum atomic E-state index is -0.940. The van der Waals surface area contributed by atoms with E-state index in [9.17, 15) is 9.59 Å². The second kappa shape index (κ2) is 6.89. The topological polar surface area (TPSA) is 84.2 Å². The Morgan fingerprint density at radius 1 is 1.32 bits per heavy atom. The zero-order valence-corrected chi connectivity index (χ0v) is 12.6. The predicted octanol–water partition coefficient (Wildman–Crippen LogP) is 1.83. The molecule has 22 heavy (non-hydrogen) atoms. The van der Waals surface area contributed by atoms with Crippen LogP contribution in [0.2, 0.25) is 0 Å². The van der Waals surface area contributed by atoms with Crippen molar-refractivity contribution in [3.8, 4) is 0 Å². The standard InChI is InChI=1S/C16H19N3O3/c1-11(8-15(20)21)18-16(22)14-9-17-19(12(14)2)10-13-6-4-3-5-7-13/h3-7,9,11H,8,10H2,1-2H3,(H,18,22)(H,20,21). The number of benzene rings is 1. The Bertz CT molecular complexity index is 665. The summed E-state index contributed by atoms with van der Waals surface area (Å²) in [5.41, 5.74) is 2.32. The van der Waals surface area contributed by atoms with Gasteiger partial charge in [-0.1, -0.05) is 30.3 Å². The van der Waals surface area contributed by atoms with E-state index >= 15 is 0 Å². The maximum Gasteiger partial charge on any atom is 0.305 e. The van der Waals surface area contributed by atoms with E-state index in [0.717, 1.165) is 11.3 Å². The molecular weight excluding hydrogens is 282 g/mol. The molecule has 0 saturated carbocycles. The molecule has 0 saturated heterocycles. The quantitative estimate of drug-likeness (QED) is 0.852. The molecule has 0 aliphatic rings. The maximum atomic E-state index is 12.2. The van der Waals surface area contributed by atoms with Crippen LogP contribution in [0.25, 0.3) is 0 Å². The molecule has 1 amide bonds. The van der Waals surface area contributed by atoms with Crippen LogP contribution in [0.3, 0.4) is 0 Å². The molecule has 0 aliphatic heterocycles. The Kier molecular flexibility index (Phi) is 4.93. The smallest absolute Gasteiger partial charge is 0.305 e. The van der Waals surface area contributed by atoms with Crippen LogP contribution < -0.4 is 5.32 Å². The van der Waals surface area contributed by atoms with E-state index in [2.05, 4.69) is 10.4 Å². The molecule has 0 bridgehead atoms. The third-order valence-corrected chi connectivity index (χ3v) is 3.38. The Labute approximate surface area is 128 Å². The number of carbonyl (C=O) groups is 2. The summed E-state index contributed by atoms with van der Waals surface area (Å²) < 4.78 is 1.76. The third kappa shape index (κ3) is 3.94. The lowest BCUT2D eigenvalue weighted by Gasteiger charge is -2.11. The number of rotatable bonds is 6. The van der Waals surface area contributed by atoms with E-state index in [1.54, 1.807) is 11.6 Å². The average Bonchev–Trinajstić information content (AvgIpc) is 2.80. The van der Waals surface area contributed by atoms with E-state index in [1.807, 2.05) is 37.3 Å². The first kappa shape index (κ1) is 15.8. The summed E-state index contributed by atoms with van der Waals surface area (Å²) in [6.45, 7) is 4.08. The van der Waals surface area contributed by atoms with Crippen LogP contribution in [0.15, 0.2) is 36.5 Å². The first-order valence-electron chi connectivity index (χ1n) is 7.06. The fourth-order valence-corrected chi connectivity index (χ4v) is 2.20. The lowest BCUT2D eigenvalue weighted by atomic mass is 10.2. The second-order valence-corrected chi connectivity index (χ2v) is 5.26. The number of carboxylic acid groups (broad SMARTS) is 1. The molecule has 1 atom stereocenters. The van der Waals surface area contributed by atoms with Crippen LogP contribution in [-0.4, -0.2) is 32.8 Å². The lowest BCUT2D eigenvalue weighted by molar-refractivity contribution is -0.137. The van der Waals surface area contributed by atoms with Gasteiger partial charge < -0.3 is 10.4 Å². The van der Waals surface area contributed by atoms with Gasteiger partial charge in [-0.25, -0.2) is 0 Å². The van der Waals surface area contributed by atoms with Gasteiger partial charge in [0.2, 0.25) is 0 Å². The van der Waals surface area contributed by atoms with Gasteiger partial charge in [-0.05, 0) is 19.4 Å². The van der Waals surface area contributed by atoms with Gasteiger partial charge in [0.05, 0.1) is 24.7 Å².